The van der Waals surface area contributed by atoms with E-state index in [1.54, 1.807) is 24.3 Å². The maximum absolute atomic E-state index is 10.9. The van der Waals surface area contributed by atoms with E-state index in [0.717, 1.165) is 0 Å². The maximum Gasteiger partial charge on any atom is 0.280 e. The van der Waals surface area contributed by atoms with Crippen molar-refractivity contribution in [2.24, 2.45) is 5.84 Å². The van der Waals surface area contributed by atoms with Crippen molar-refractivity contribution in [1.29, 1.82) is 0 Å². The van der Waals surface area contributed by atoms with Gasteiger partial charge in [-0.2, -0.15) is 0 Å². The fraction of sp³-hybridized carbons (Fsp3) is 0. The van der Waals surface area contributed by atoms with Gasteiger partial charge in [0.05, 0.1) is 10.5 Å². The van der Waals surface area contributed by atoms with E-state index in [4.69, 9.17) is 5.84 Å². The largest absolute Gasteiger partial charge is 0.308 e. The number of nitrogens with one attached hydrogen (secondary N) is 1. The molecule has 7 heteroatoms. The predicted octanol–water partition coefficient (Wildman–Crippen LogP) is 1.34. The molecule has 2 rings (SSSR count). The molecule has 7 nitrogen and oxygen atoms in total. The first-order valence-electron chi connectivity index (χ1n) is 4.76. The molecule has 0 saturated carbocycles. The minimum Gasteiger partial charge on any atom is -0.308 e. The number of anilines is 1. The van der Waals surface area contributed by atoms with Gasteiger partial charge in [-0.05, 0) is 6.07 Å². The zero-order valence-corrected chi connectivity index (χ0v) is 8.70. The van der Waals surface area contributed by atoms with Crippen molar-refractivity contribution in [3.8, 4) is 11.4 Å². The van der Waals surface area contributed by atoms with Crippen LogP contribution in [0.2, 0.25) is 0 Å². The maximum atomic E-state index is 10.9. The average molecular weight is 231 g/mol. The summed E-state index contributed by atoms with van der Waals surface area (Å²) >= 11 is 0. The van der Waals surface area contributed by atoms with Crippen molar-refractivity contribution in [2.75, 3.05) is 5.43 Å². The Kier molecular flexibility index (Phi) is 2.93. The topological polar surface area (TPSA) is 107 Å². The lowest BCUT2D eigenvalue weighted by molar-refractivity contribution is -0.384. The molecule has 0 spiro atoms. The zero-order valence-electron chi connectivity index (χ0n) is 8.70. The molecule has 0 aliphatic rings. The van der Waals surface area contributed by atoms with Crippen LogP contribution in [0.15, 0.2) is 36.5 Å². The van der Waals surface area contributed by atoms with Crippen molar-refractivity contribution in [2.45, 2.75) is 0 Å². The third-order valence-corrected chi connectivity index (χ3v) is 2.15. The molecule has 0 fully saturated rings. The van der Waals surface area contributed by atoms with Gasteiger partial charge in [-0.3, -0.25) is 10.1 Å². The lowest BCUT2D eigenvalue weighted by Crippen LogP contribution is -2.09. The fourth-order valence-corrected chi connectivity index (χ4v) is 1.39. The molecule has 0 aliphatic carbocycles. The van der Waals surface area contributed by atoms with E-state index in [0.29, 0.717) is 11.4 Å². The third-order valence-electron chi connectivity index (χ3n) is 2.15. The molecule has 86 valence electrons. The van der Waals surface area contributed by atoms with Gasteiger partial charge in [0.15, 0.2) is 5.82 Å². The molecule has 0 atom stereocenters. The number of para-hydroxylation sites is 1. The summed E-state index contributed by atoms with van der Waals surface area (Å²) in [6, 6.07) is 7.84. The van der Waals surface area contributed by atoms with Crippen LogP contribution in [0.5, 0.6) is 0 Å². The molecule has 1 aromatic heterocycles. The summed E-state index contributed by atoms with van der Waals surface area (Å²) in [5.74, 6) is 5.87. The number of nitrogens with two attached hydrogens (primary N) is 1. The summed E-state index contributed by atoms with van der Waals surface area (Å²) in [6.45, 7) is 0. The number of hydrogen-bond acceptors (Lipinski definition) is 6. The van der Waals surface area contributed by atoms with Gasteiger partial charge in [0.2, 0.25) is 0 Å². The van der Waals surface area contributed by atoms with Crippen LogP contribution in [-0.2, 0) is 0 Å². The second-order valence-electron chi connectivity index (χ2n) is 3.18. The number of nitrogen functional groups attached to an aromatic ring is 1. The lowest BCUT2D eigenvalue weighted by atomic mass is 10.1. The Morgan fingerprint density at radius 2 is 2.06 bits per heavy atom. The number of hydrogen-bond donors (Lipinski definition) is 2. The van der Waals surface area contributed by atoms with Crippen LogP contribution in [0.25, 0.3) is 11.4 Å². The first-order chi connectivity index (χ1) is 8.22. The standard InChI is InChI=1S/C10H9N5O2/c11-14-9-5-6-12-10(13-9)7-3-1-2-4-8(7)15(16)17/h1-6H,11H2,(H,12,13,14). The Bertz CT molecular complexity index is 558. The van der Waals surface area contributed by atoms with Crippen molar-refractivity contribution in [3.63, 3.8) is 0 Å². The third kappa shape index (κ3) is 2.18. The molecule has 0 saturated heterocycles. The quantitative estimate of drug-likeness (QED) is 0.469. The van der Waals surface area contributed by atoms with Crippen molar-refractivity contribution >= 4 is 11.5 Å². The molecule has 1 heterocycles. The highest BCUT2D eigenvalue weighted by Crippen LogP contribution is 2.26. The zero-order chi connectivity index (χ0) is 12.3. The van der Waals surface area contributed by atoms with Crippen LogP contribution in [-0.4, -0.2) is 14.9 Å². The van der Waals surface area contributed by atoms with E-state index in [1.807, 2.05) is 0 Å². The Hall–Kier alpha value is -2.54. The van der Waals surface area contributed by atoms with Gasteiger partial charge in [0.1, 0.15) is 5.82 Å². The molecule has 17 heavy (non-hydrogen) atoms. The van der Waals surface area contributed by atoms with Crippen molar-refractivity contribution < 1.29 is 4.92 Å². The fourth-order valence-electron chi connectivity index (χ4n) is 1.39. The Labute approximate surface area is 96.4 Å². The van der Waals surface area contributed by atoms with Gasteiger partial charge in [-0.1, -0.05) is 12.1 Å². The Morgan fingerprint density at radius 1 is 1.29 bits per heavy atom. The van der Waals surface area contributed by atoms with Crippen LogP contribution in [0, 0.1) is 10.1 Å². The van der Waals surface area contributed by atoms with Gasteiger partial charge < -0.3 is 5.43 Å². The number of nitro groups is 1. The normalized spacial score (nSPS) is 9.94. The smallest absolute Gasteiger partial charge is 0.280 e. The summed E-state index contributed by atoms with van der Waals surface area (Å²) in [4.78, 5) is 18.4. The van der Waals surface area contributed by atoms with Crippen molar-refractivity contribution in [3.05, 3.63) is 46.6 Å². The lowest BCUT2D eigenvalue weighted by Gasteiger charge is -2.03. The highest BCUT2D eigenvalue weighted by molar-refractivity contribution is 5.68. The number of aromatic nitrogens is 2. The molecule has 0 aliphatic heterocycles. The monoisotopic (exact) mass is 231 g/mol. The first kappa shape index (κ1) is 11.0. The van der Waals surface area contributed by atoms with Gasteiger partial charge >= 0.3 is 0 Å². The SMILES string of the molecule is NNc1ccnc(-c2ccccc2[N+](=O)[O-])n1. The predicted molar refractivity (Wildman–Crippen MR) is 61.9 cm³/mol. The van der Waals surface area contributed by atoms with E-state index in [1.165, 1.54) is 12.3 Å². The van der Waals surface area contributed by atoms with E-state index in [2.05, 4.69) is 15.4 Å². The van der Waals surface area contributed by atoms with E-state index in [9.17, 15) is 10.1 Å². The Balaban J connectivity index is 2.56. The second-order valence-corrected chi connectivity index (χ2v) is 3.18. The summed E-state index contributed by atoms with van der Waals surface area (Å²) in [7, 11) is 0. The van der Waals surface area contributed by atoms with Crippen molar-refractivity contribution in [1.82, 2.24) is 9.97 Å². The van der Waals surface area contributed by atoms with Crippen LogP contribution in [0.3, 0.4) is 0 Å². The van der Waals surface area contributed by atoms with E-state index < -0.39 is 4.92 Å². The van der Waals surface area contributed by atoms with Crippen LogP contribution in [0.1, 0.15) is 0 Å². The average Bonchev–Trinajstić information content (AvgIpc) is 2.39. The molecular formula is C10H9N5O2. The number of rotatable bonds is 3. The molecule has 2 aromatic rings. The van der Waals surface area contributed by atoms with Gasteiger partial charge in [-0.15, -0.1) is 0 Å². The van der Waals surface area contributed by atoms with E-state index >= 15 is 0 Å². The number of nitro benzene ring substituents is 1. The van der Waals surface area contributed by atoms with Gasteiger partial charge in [0.25, 0.3) is 5.69 Å². The van der Waals surface area contributed by atoms with Crippen LogP contribution >= 0.6 is 0 Å². The van der Waals surface area contributed by atoms with E-state index in [-0.39, 0.29) is 11.5 Å². The van der Waals surface area contributed by atoms with Gasteiger partial charge in [-0.25, -0.2) is 15.8 Å². The molecule has 1 aromatic carbocycles. The molecule has 0 radical (unpaired) electrons. The van der Waals surface area contributed by atoms with Gasteiger partial charge in [0, 0.05) is 18.3 Å². The van der Waals surface area contributed by atoms with Crippen LogP contribution < -0.4 is 11.3 Å². The summed E-state index contributed by atoms with van der Waals surface area (Å²) < 4.78 is 0. The molecule has 3 N–H and O–H groups in total. The summed E-state index contributed by atoms with van der Waals surface area (Å²) in [5.41, 5.74) is 2.68. The summed E-state index contributed by atoms with van der Waals surface area (Å²) in [6.07, 6.45) is 1.48. The summed E-state index contributed by atoms with van der Waals surface area (Å²) in [5, 5.41) is 10.9. The highest BCUT2D eigenvalue weighted by atomic mass is 16.6. The first-order valence-corrected chi connectivity index (χ1v) is 4.76. The number of hydrazine groups is 1. The Morgan fingerprint density at radius 3 is 2.76 bits per heavy atom. The number of benzene rings is 1. The molecule has 0 amide bonds. The molecule has 0 unspecified atom stereocenters. The highest BCUT2D eigenvalue weighted by Gasteiger charge is 2.16. The molecule has 0 bridgehead atoms. The second kappa shape index (κ2) is 4.54. The minimum absolute atomic E-state index is 0.0401. The van der Waals surface area contributed by atoms with Crippen LogP contribution in [0.4, 0.5) is 11.5 Å². The minimum atomic E-state index is -0.471. The molecular weight excluding hydrogens is 222 g/mol. The number of nitrogens with zero attached hydrogens (tertiary/aromatic N) is 3.